The molecule has 1 aliphatic heterocycles. The highest BCUT2D eigenvalue weighted by Gasteiger charge is 2.58. The van der Waals surface area contributed by atoms with Crippen molar-refractivity contribution >= 4 is 6.29 Å². The van der Waals surface area contributed by atoms with Crippen molar-refractivity contribution in [2.45, 2.75) is 25.4 Å². The van der Waals surface area contributed by atoms with Gasteiger partial charge in [0.25, 0.3) is 0 Å². The Morgan fingerprint density at radius 2 is 2.50 bits per heavy atom. The average molecular weight is 190 g/mol. The van der Waals surface area contributed by atoms with Crippen LogP contribution >= 0.6 is 0 Å². The van der Waals surface area contributed by atoms with E-state index >= 15 is 0 Å². The first-order chi connectivity index (χ1) is 6.78. The summed E-state index contributed by atoms with van der Waals surface area (Å²) in [5.41, 5.74) is 2.06. The number of hydrogen-bond donors (Lipinski definition) is 0. The second kappa shape index (κ2) is 2.57. The highest BCUT2D eigenvalue weighted by atomic mass is 16.5. The number of aldehydes is 1. The van der Waals surface area contributed by atoms with E-state index in [2.05, 4.69) is 13.0 Å². The lowest BCUT2D eigenvalue weighted by molar-refractivity contribution is -0.105. The van der Waals surface area contributed by atoms with E-state index < -0.39 is 0 Å². The van der Waals surface area contributed by atoms with Crippen molar-refractivity contribution in [2.75, 3.05) is 6.61 Å². The van der Waals surface area contributed by atoms with Gasteiger partial charge in [0, 0.05) is 18.1 Å². The number of rotatable bonds is 1. The van der Waals surface area contributed by atoms with E-state index in [1.807, 2.05) is 6.08 Å². The van der Waals surface area contributed by atoms with Crippen LogP contribution in [0, 0.1) is 11.8 Å². The van der Waals surface area contributed by atoms with Crippen LogP contribution < -0.4 is 0 Å². The Labute approximate surface area is 83.6 Å². The number of ether oxygens (including phenoxy) is 1. The summed E-state index contributed by atoms with van der Waals surface area (Å²) in [7, 11) is 0. The van der Waals surface area contributed by atoms with E-state index in [1.165, 1.54) is 18.4 Å². The van der Waals surface area contributed by atoms with Gasteiger partial charge in [-0.05, 0) is 25.7 Å². The van der Waals surface area contributed by atoms with Gasteiger partial charge in [-0.25, -0.2) is 0 Å². The first kappa shape index (κ1) is 8.42. The second-order valence-electron chi connectivity index (χ2n) is 4.57. The molecule has 74 valence electrons. The number of hydrogen-bond acceptors (Lipinski definition) is 2. The maximum Gasteiger partial charge on any atom is 0.149 e. The molecule has 0 amide bonds. The third-order valence-corrected chi connectivity index (χ3v) is 4.15. The maximum atomic E-state index is 10.8. The Kier molecular flexibility index (Phi) is 1.55. The van der Waals surface area contributed by atoms with E-state index in [-0.39, 0.29) is 5.60 Å². The van der Waals surface area contributed by atoms with Gasteiger partial charge in [0.05, 0.1) is 5.60 Å². The third-order valence-electron chi connectivity index (χ3n) is 4.15. The van der Waals surface area contributed by atoms with Crippen molar-refractivity contribution in [1.29, 1.82) is 0 Å². The predicted octanol–water partition coefficient (Wildman–Crippen LogP) is 1.87. The fraction of sp³-hybridized carbons (Fsp3) is 0.583. The summed E-state index contributed by atoms with van der Waals surface area (Å²) in [6, 6.07) is 0. The standard InChI is InChI=1S/C12H14O2/c1-8-9(7-13)2-4-12-10(3-5-14-12)6-11(8)12/h2,4,7,10-11H,3,5-6H2,1H3. The molecule has 1 saturated heterocycles. The minimum absolute atomic E-state index is 0.0173. The summed E-state index contributed by atoms with van der Waals surface area (Å²) in [6.07, 6.45) is 7.41. The van der Waals surface area contributed by atoms with E-state index in [4.69, 9.17) is 4.74 Å². The van der Waals surface area contributed by atoms with Crippen LogP contribution in [0.3, 0.4) is 0 Å². The largest absolute Gasteiger partial charge is 0.370 e. The molecule has 2 aliphatic carbocycles. The minimum Gasteiger partial charge on any atom is -0.370 e. The van der Waals surface area contributed by atoms with Crippen LogP contribution in [0.15, 0.2) is 23.3 Å². The number of carbonyl (C=O) groups is 1. The van der Waals surface area contributed by atoms with Gasteiger partial charge in [0.15, 0.2) is 0 Å². The average Bonchev–Trinajstić information content (AvgIpc) is 2.46. The molecule has 0 aromatic heterocycles. The summed E-state index contributed by atoms with van der Waals surface area (Å²) in [4.78, 5) is 10.8. The Hall–Kier alpha value is -0.890. The molecule has 2 heteroatoms. The van der Waals surface area contributed by atoms with Crippen molar-refractivity contribution in [1.82, 2.24) is 0 Å². The van der Waals surface area contributed by atoms with Crippen LogP contribution in [0.2, 0.25) is 0 Å². The normalized spacial score (nSPS) is 44.4. The molecule has 3 aliphatic rings. The maximum absolute atomic E-state index is 10.8. The minimum atomic E-state index is -0.0173. The van der Waals surface area contributed by atoms with Crippen LogP contribution in [-0.4, -0.2) is 18.5 Å². The molecule has 3 unspecified atom stereocenters. The summed E-state index contributed by atoms with van der Waals surface area (Å²) in [5, 5.41) is 0. The Morgan fingerprint density at radius 3 is 3.21 bits per heavy atom. The monoisotopic (exact) mass is 190 g/mol. The fourth-order valence-corrected chi connectivity index (χ4v) is 3.22. The van der Waals surface area contributed by atoms with Gasteiger partial charge in [-0.1, -0.05) is 17.7 Å². The zero-order valence-electron chi connectivity index (χ0n) is 8.32. The molecule has 1 heterocycles. The molecule has 0 aromatic carbocycles. The van der Waals surface area contributed by atoms with Crippen molar-refractivity contribution in [3.05, 3.63) is 23.3 Å². The van der Waals surface area contributed by atoms with Gasteiger partial charge in [-0.3, -0.25) is 4.79 Å². The highest BCUT2D eigenvalue weighted by Crippen LogP contribution is 2.58. The van der Waals surface area contributed by atoms with E-state index in [1.54, 1.807) is 0 Å². The zero-order chi connectivity index (χ0) is 9.76. The zero-order valence-corrected chi connectivity index (χ0v) is 8.32. The van der Waals surface area contributed by atoms with Crippen LogP contribution in [0.1, 0.15) is 19.8 Å². The Morgan fingerprint density at radius 1 is 1.64 bits per heavy atom. The molecule has 3 atom stereocenters. The van der Waals surface area contributed by atoms with Gasteiger partial charge in [-0.15, -0.1) is 0 Å². The van der Waals surface area contributed by atoms with E-state index in [0.29, 0.717) is 11.8 Å². The van der Waals surface area contributed by atoms with E-state index in [0.717, 1.165) is 18.5 Å². The first-order valence-electron chi connectivity index (χ1n) is 5.27. The molecule has 0 aromatic rings. The summed E-state index contributed by atoms with van der Waals surface area (Å²) >= 11 is 0. The van der Waals surface area contributed by atoms with Crippen molar-refractivity contribution in [3.8, 4) is 0 Å². The fourth-order valence-electron chi connectivity index (χ4n) is 3.22. The summed E-state index contributed by atoms with van der Waals surface area (Å²) < 4.78 is 5.87. The molecule has 14 heavy (non-hydrogen) atoms. The van der Waals surface area contributed by atoms with Gasteiger partial charge in [0.2, 0.25) is 0 Å². The molecule has 0 N–H and O–H groups in total. The summed E-state index contributed by atoms with van der Waals surface area (Å²) in [5.74, 6) is 1.17. The molecular formula is C12H14O2. The molecule has 1 spiro atoms. The van der Waals surface area contributed by atoms with Crippen LogP contribution in [0.5, 0.6) is 0 Å². The third kappa shape index (κ3) is 0.782. The van der Waals surface area contributed by atoms with Crippen molar-refractivity contribution < 1.29 is 9.53 Å². The lowest BCUT2D eigenvalue weighted by Gasteiger charge is -2.52. The van der Waals surface area contributed by atoms with Gasteiger partial charge >= 0.3 is 0 Å². The van der Waals surface area contributed by atoms with Crippen LogP contribution in [0.25, 0.3) is 0 Å². The lowest BCUT2D eigenvalue weighted by Crippen LogP contribution is -2.53. The van der Waals surface area contributed by atoms with Crippen LogP contribution in [-0.2, 0) is 9.53 Å². The Balaban J connectivity index is 2.01. The van der Waals surface area contributed by atoms with Gasteiger partial charge in [-0.2, -0.15) is 0 Å². The molecule has 3 rings (SSSR count). The highest BCUT2D eigenvalue weighted by molar-refractivity contribution is 5.80. The number of allylic oxidation sites excluding steroid dienone is 2. The van der Waals surface area contributed by atoms with Gasteiger partial charge in [0.1, 0.15) is 6.29 Å². The van der Waals surface area contributed by atoms with Crippen molar-refractivity contribution in [2.24, 2.45) is 11.8 Å². The Bertz CT molecular complexity index is 353. The molecule has 0 radical (unpaired) electrons. The topological polar surface area (TPSA) is 26.3 Å². The molecule has 2 nitrogen and oxygen atoms in total. The van der Waals surface area contributed by atoms with Gasteiger partial charge < -0.3 is 4.74 Å². The quantitative estimate of drug-likeness (QED) is 0.590. The molecule has 1 saturated carbocycles. The molecule has 0 bridgehead atoms. The molecular weight excluding hydrogens is 176 g/mol. The van der Waals surface area contributed by atoms with Crippen LogP contribution in [0.4, 0.5) is 0 Å². The first-order valence-corrected chi connectivity index (χ1v) is 5.27. The second-order valence-corrected chi connectivity index (χ2v) is 4.57. The number of carbonyl (C=O) groups excluding carboxylic acids is 1. The van der Waals surface area contributed by atoms with Crippen molar-refractivity contribution in [3.63, 3.8) is 0 Å². The smallest absolute Gasteiger partial charge is 0.149 e. The van der Waals surface area contributed by atoms with E-state index in [9.17, 15) is 4.79 Å². The SMILES string of the molecule is CC1=C(C=O)C=CC23OCCC2CC13. The molecule has 2 fully saturated rings. The lowest BCUT2D eigenvalue weighted by atomic mass is 9.56. The summed E-state index contributed by atoms with van der Waals surface area (Å²) in [6.45, 7) is 2.95. The predicted molar refractivity (Wildman–Crippen MR) is 52.8 cm³/mol.